The van der Waals surface area contributed by atoms with E-state index in [-0.39, 0.29) is 0 Å². The molecule has 1 aromatic heterocycles. The number of carboxylic acid groups (broad SMARTS) is 1. The van der Waals surface area contributed by atoms with Gasteiger partial charge in [-0.25, -0.2) is 4.79 Å². The van der Waals surface area contributed by atoms with Crippen LogP contribution in [0.3, 0.4) is 0 Å². The Hall–Kier alpha value is -2.27. The topological polar surface area (TPSA) is 60.7 Å². The first-order valence-corrected chi connectivity index (χ1v) is 7.19. The highest BCUT2D eigenvalue weighted by molar-refractivity contribution is 5.72. The van der Waals surface area contributed by atoms with E-state index in [1.54, 1.807) is 0 Å². The first-order valence-electron chi connectivity index (χ1n) is 7.19. The summed E-state index contributed by atoms with van der Waals surface area (Å²) < 4.78 is 12.8. The zero-order valence-corrected chi connectivity index (χ0v) is 12.9. The third kappa shape index (κ3) is 4.36. The lowest BCUT2D eigenvalue weighted by Crippen LogP contribution is -2.24. The summed E-state index contributed by atoms with van der Waals surface area (Å²) in [5.74, 6) is -0.178. The SMILES string of the molecule is COC(Cc1ccc(OCCn2cccc2C)cc1)C(=O)O. The van der Waals surface area contributed by atoms with Crippen LogP contribution in [-0.4, -0.2) is 35.5 Å². The minimum atomic E-state index is -0.954. The standard InChI is InChI=1S/C17H21NO4/c1-13-4-3-9-18(13)10-11-22-15-7-5-14(6-8-15)12-16(21-2)17(19)20/h3-9,16H,10-12H2,1-2H3,(H,19,20). The van der Waals surface area contributed by atoms with Gasteiger partial charge in [0.05, 0.1) is 6.54 Å². The van der Waals surface area contributed by atoms with Crippen molar-refractivity contribution < 1.29 is 19.4 Å². The molecule has 2 rings (SSSR count). The molecule has 0 amide bonds. The first kappa shape index (κ1) is 16.1. The number of aromatic nitrogens is 1. The minimum Gasteiger partial charge on any atom is -0.492 e. The molecule has 0 radical (unpaired) electrons. The van der Waals surface area contributed by atoms with Crippen molar-refractivity contribution in [3.8, 4) is 5.75 Å². The summed E-state index contributed by atoms with van der Waals surface area (Å²) in [5.41, 5.74) is 2.11. The summed E-state index contributed by atoms with van der Waals surface area (Å²) in [7, 11) is 1.40. The van der Waals surface area contributed by atoms with Gasteiger partial charge in [-0.15, -0.1) is 0 Å². The fourth-order valence-corrected chi connectivity index (χ4v) is 2.22. The molecule has 0 saturated carbocycles. The lowest BCUT2D eigenvalue weighted by molar-refractivity contribution is -0.148. The van der Waals surface area contributed by atoms with Crippen molar-refractivity contribution in [2.45, 2.75) is 26.0 Å². The van der Waals surface area contributed by atoms with Crippen molar-refractivity contribution in [3.63, 3.8) is 0 Å². The van der Waals surface area contributed by atoms with Crippen LogP contribution in [0.5, 0.6) is 5.75 Å². The van der Waals surface area contributed by atoms with Crippen LogP contribution in [0, 0.1) is 6.92 Å². The van der Waals surface area contributed by atoms with Gasteiger partial charge >= 0.3 is 5.97 Å². The largest absolute Gasteiger partial charge is 0.492 e. The predicted molar refractivity (Wildman–Crippen MR) is 83.2 cm³/mol. The number of rotatable bonds is 8. The smallest absolute Gasteiger partial charge is 0.333 e. The Morgan fingerprint density at radius 2 is 2.00 bits per heavy atom. The number of benzene rings is 1. The second-order valence-corrected chi connectivity index (χ2v) is 5.10. The zero-order valence-electron chi connectivity index (χ0n) is 12.9. The van der Waals surface area contributed by atoms with Crippen molar-refractivity contribution in [3.05, 3.63) is 53.9 Å². The van der Waals surface area contributed by atoms with Crippen LogP contribution < -0.4 is 4.74 Å². The van der Waals surface area contributed by atoms with Gasteiger partial charge < -0.3 is 19.1 Å². The van der Waals surface area contributed by atoms with Crippen molar-refractivity contribution in [2.24, 2.45) is 0 Å². The molecule has 1 atom stereocenters. The van der Waals surface area contributed by atoms with Gasteiger partial charge in [0.15, 0.2) is 6.10 Å². The van der Waals surface area contributed by atoms with E-state index in [9.17, 15) is 4.79 Å². The molecule has 1 aromatic carbocycles. The lowest BCUT2D eigenvalue weighted by atomic mass is 10.1. The molecular formula is C17H21NO4. The van der Waals surface area contributed by atoms with Crippen LogP contribution in [0.2, 0.25) is 0 Å². The highest BCUT2D eigenvalue weighted by Crippen LogP contribution is 2.14. The fraction of sp³-hybridized carbons (Fsp3) is 0.353. The number of aliphatic carboxylic acids is 1. The van der Waals surface area contributed by atoms with Crippen molar-refractivity contribution >= 4 is 5.97 Å². The van der Waals surface area contributed by atoms with Crippen LogP contribution in [0.25, 0.3) is 0 Å². The van der Waals surface area contributed by atoms with E-state index in [1.807, 2.05) is 36.5 Å². The van der Waals surface area contributed by atoms with Crippen molar-refractivity contribution in [1.29, 1.82) is 0 Å². The van der Waals surface area contributed by atoms with E-state index in [0.29, 0.717) is 13.0 Å². The maximum absolute atomic E-state index is 10.9. The summed E-state index contributed by atoms with van der Waals surface area (Å²) in [5, 5.41) is 8.97. The number of ether oxygens (including phenoxy) is 2. The summed E-state index contributed by atoms with van der Waals surface area (Å²) >= 11 is 0. The molecule has 0 saturated heterocycles. The fourth-order valence-electron chi connectivity index (χ4n) is 2.22. The summed E-state index contributed by atoms with van der Waals surface area (Å²) in [6, 6.07) is 11.5. The molecule has 5 nitrogen and oxygen atoms in total. The molecule has 0 spiro atoms. The van der Waals surface area contributed by atoms with Crippen molar-refractivity contribution in [1.82, 2.24) is 4.57 Å². The maximum Gasteiger partial charge on any atom is 0.333 e. The molecule has 0 fully saturated rings. The van der Waals surface area contributed by atoms with Crippen LogP contribution in [-0.2, 0) is 22.5 Å². The minimum absolute atomic E-state index is 0.342. The molecule has 1 N–H and O–H groups in total. The Morgan fingerprint density at radius 3 is 2.55 bits per heavy atom. The van der Waals surface area contributed by atoms with Gasteiger partial charge in [0.25, 0.3) is 0 Å². The van der Waals surface area contributed by atoms with Gasteiger partial charge in [0.1, 0.15) is 12.4 Å². The molecule has 0 aliphatic rings. The van der Waals surface area contributed by atoms with E-state index in [1.165, 1.54) is 12.8 Å². The number of hydrogen-bond acceptors (Lipinski definition) is 3. The first-order chi connectivity index (χ1) is 10.6. The van der Waals surface area contributed by atoms with Gasteiger partial charge in [-0.3, -0.25) is 0 Å². The highest BCUT2D eigenvalue weighted by atomic mass is 16.5. The molecular weight excluding hydrogens is 282 g/mol. The molecule has 22 heavy (non-hydrogen) atoms. The van der Waals surface area contributed by atoms with Gasteiger partial charge in [0, 0.05) is 25.4 Å². The number of carboxylic acids is 1. The average Bonchev–Trinajstić information content (AvgIpc) is 2.91. The average molecular weight is 303 g/mol. The highest BCUT2D eigenvalue weighted by Gasteiger charge is 2.16. The second-order valence-electron chi connectivity index (χ2n) is 5.10. The summed E-state index contributed by atoms with van der Waals surface area (Å²) in [6.07, 6.45) is 1.55. The Balaban J connectivity index is 1.84. The molecule has 1 unspecified atom stereocenters. The molecule has 0 bridgehead atoms. The van der Waals surface area contributed by atoms with Crippen LogP contribution in [0.15, 0.2) is 42.6 Å². The Bertz CT molecular complexity index is 603. The normalized spacial score (nSPS) is 12.1. The quantitative estimate of drug-likeness (QED) is 0.814. The molecule has 0 aliphatic heterocycles. The number of methoxy groups -OCH3 is 1. The van der Waals surface area contributed by atoms with Gasteiger partial charge in [-0.2, -0.15) is 0 Å². The molecule has 0 aliphatic carbocycles. The number of carbonyl (C=O) groups is 1. The molecule has 5 heteroatoms. The van der Waals surface area contributed by atoms with Gasteiger partial charge in [-0.05, 0) is 36.8 Å². The Kier molecular flexibility index (Phi) is 5.61. The zero-order chi connectivity index (χ0) is 15.9. The van der Waals surface area contributed by atoms with Crippen LogP contribution >= 0.6 is 0 Å². The van der Waals surface area contributed by atoms with Crippen LogP contribution in [0.1, 0.15) is 11.3 Å². The Labute approximate surface area is 130 Å². The Morgan fingerprint density at radius 1 is 1.27 bits per heavy atom. The maximum atomic E-state index is 10.9. The predicted octanol–water partition coefficient (Wildman–Crippen LogP) is 2.52. The van der Waals surface area contributed by atoms with Crippen molar-refractivity contribution in [2.75, 3.05) is 13.7 Å². The third-order valence-corrected chi connectivity index (χ3v) is 3.56. The molecule has 2 aromatic rings. The van der Waals surface area contributed by atoms with Crippen LogP contribution in [0.4, 0.5) is 0 Å². The summed E-state index contributed by atoms with van der Waals surface area (Å²) in [4.78, 5) is 10.9. The van der Waals surface area contributed by atoms with E-state index < -0.39 is 12.1 Å². The number of nitrogens with zero attached hydrogens (tertiary/aromatic N) is 1. The molecule has 118 valence electrons. The number of hydrogen-bond donors (Lipinski definition) is 1. The van der Waals surface area contributed by atoms with E-state index in [2.05, 4.69) is 17.6 Å². The second kappa shape index (κ2) is 7.66. The van der Waals surface area contributed by atoms with E-state index >= 15 is 0 Å². The summed E-state index contributed by atoms with van der Waals surface area (Å²) in [6.45, 7) is 3.44. The van der Waals surface area contributed by atoms with Gasteiger partial charge in [0.2, 0.25) is 0 Å². The van der Waals surface area contributed by atoms with E-state index in [0.717, 1.165) is 17.9 Å². The van der Waals surface area contributed by atoms with Gasteiger partial charge in [-0.1, -0.05) is 12.1 Å². The number of aryl methyl sites for hydroxylation is 1. The lowest BCUT2D eigenvalue weighted by Gasteiger charge is -2.12. The molecule has 1 heterocycles. The monoisotopic (exact) mass is 303 g/mol. The van der Waals surface area contributed by atoms with E-state index in [4.69, 9.17) is 14.6 Å². The third-order valence-electron chi connectivity index (χ3n) is 3.56.